The molecule has 0 radical (unpaired) electrons. The van der Waals surface area contributed by atoms with Gasteiger partial charge < -0.3 is 10.7 Å². The highest BCUT2D eigenvalue weighted by Crippen LogP contribution is 2.29. The van der Waals surface area contributed by atoms with Crippen LogP contribution < -0.4 is 5.73 Å². The second-order valence-electron chi connectivity index (χ2n) is 4.36. The predicted molar refractivity (Wildman–Crippen MR) is 80.4 cm³/mol. The fourth-order valence-electron chi connectivity index (χ4n) is 1.97. The first kappa shape index (κ1) is 12.6. The van der Waals surface area contributed by atoms with Crippen LogP contribution in [0.25, 0.3) is 11.0 Å². The summed E-state index contributed by atoms with van der Waals surface area (Å²) in [5.74, 6) is 0. The SMILES string of the molecule is N#CCc1cc(Sc2nc3ccccc3[nH]2)ccc1N. The Bertz CT molecular complexity index is 768. The molecule has 0 spiro atoms. The molecule has 0 saturated heterocycles. The van der Waals surface area contributed by atoms with Crippen LogP contribution in [-0.4, -0.2) is 9.97 Å². The fourth-order valence-corrected chi connectivity index (χ4v) is 2.84. The van der Waals surface area contributed by atoms with E-state index in [1.165, 1.54) is 11.8 Å². The van der Waals surface area contributed by atoms with Crippen LogP contribution in [0.4, 0.5) is 5.69 Å². The van der Waals surface area contributed by atoms with Crippen molar-refractivity contribution in [1.82, 2.24) is 9.97 Å². The van der Waals surface area contributed by atoms with Gasteiger partial charge in [0.25, 0.3) is 0 Å². The number of aromatic amines is 1. The number of nitrogens with one attached hydrogen (secondary N) is 1. The number of imidazole rings is 1. The molecule has 98 valence electrons. The van der Waals surface area contributed by atoms with Gasteiger partial charge in [-0.25, -0.2) is 4.98 Å². The topological polar surface area (TPSA) is 78.5 Å². The molecule has 0 fully saturated rings. The normalized spacial score (nSPS) is 10.6. The van der Waals surface area contributed by atoms with E-state index in [0.29, 0.717) is 12.1 Å². The number of anilines is 1. The molecule has 0 aliphatic heterocycles. The quantitative estimate of drug-likeness (QED) is 0.721. The summed E-state index contributed by atoms with van der Waals surface area (Å²) in [4.78, 5) is 8.80. The maximum atomic E-state index is 8.79. The molecular weight excluding hydrogens is 268 g/mol. The number of hydrogen-bond acceptors (Lipinski definition) is 4. The molecule has 20 heavy (non-hydrogen) atoms. The van der Waals surface area contributed by atoms with Crippen molar-refractivity contribution in [1.29, 1.82) is 5.26 Å². The Morgan fingerprint density at radius 2 is 2.10 bits per heavy atom. The van der Waals surface area contributed by atoms with Gasteiger partial charge in [0.15, 0.2) is 5.16 Å². The summed E-state index contributed by atoms with van der Waals surface area (Å²) >= 11 is 1.53. The van der Waals surface area contributed by atoms with Gasteiger partial charge in [0.2, 0.25) is 0 Å². The molecule has 0 saturated carbocycles. The van der Waals surface area contributed by atoms with Crippen molar-refractivity contribution in [3.63, 3.8) is 0 Å². The maximum Gasteiger partial charge on any atom is 0.171 e. The molecule has 3 rings (SSSR count). The minimum absolute atomic E-state index is 0.320. The number of nitrogen functional groups attached to an aromatic ring is 1. The van der Waals surface area contributed by atoms with E-state index in [9.17, 15) is 0 Å². The summed E-state index contributed by atoms with van der Waals surface area (Å²) in [6.45, 7) is 0. The van der Waals surface area contributed by atoms with Gasteiger partial charge in [0.05, 0.1) is 23.5 Å². The average Bonchev–Trinajstić information content (AvgIpc) is 2.85. The van der Waals surface area contributed by atoms with Crippen LogP contribution in [0.3, 0.4) is 0 Å². The number of benzene rings is 2. The van der Waals surface area contributed by atoms with Crippen molar-refractivity contribution in [2.75, 3.05) is 5.73 Å². The highest BCUT2D eigenvalue weighted by molar-refractivity contribution is 7.99. The summed E-state index contributed by atoms with van der Waals surface area (Å²) in [6, 6.07) is 15.7. The zero-order valence-electron chi connectivity index (χ0n) is 10.6. The molecule has 4 nitrogen and oxygen atoms in total. The van der Waals surface area contributed by atoms with Crippen molar-refractivity contribution < 1.29 is 0 Å². The first-order valence-corrected chi connectivity index (χ1v) is 6.96. The third-order valence-corrected chi connectivity index (χ3v) is 3.84. The molecular formula is C15H12N4S. The smallest absolute Gasteiger partial charge is 0.171 e. The molecule has 0 atom stereocenters. The van der Waals surface area contributed by atoms with E-state index in [0.717, 1.165) is 26.6 Å². The van der Waals surface area contributed by atoms with Gasteiger partial charge in [-0.15, -0.1) is 0 Å². The van der Waals surface area contributed by atoms with E-state index in [1.807, 2.05) is 42.5 Å². The Labute approximate surface area is 120 Å². The van der Waals surface area contributed by atoms with Crippen LogP contribution in [0.15, 0.2) is 52.5 Å². The zero-order chi connectivity index (χ0) is 13.9. The molecule has 3 aromatic rings. The summed E-state index contributed by atoms with van der Waals surface area (Å²) in [5.41, 5.74) is 9.32. The number of rotatable bonds is 3. The Morgan fingerprint density at radius 3 is 2.90 bits per heavy atom. The molecule has 0 amide bonds. The van der Waals surface area contributed by atoms with Crippen molar-refractivity contribution in [2.24, 2.45) is 0 Å². The second kappa shape index (κ2) is 5.27. The first-order chi connectivity index (χ1) is 9.76. The first-order valence-electron chi connectivity index (χ1n) is 6.14. The standard InChI is InChI=1S/C15H12N4S/c16-8-7-10-9-11(5-6-12(10)17)20-15-18-13-3-1-2-4-14(13)19-15/h1-6,9H,7,17H2,(H,18,19). The van der Waals surface area contributed by atoms with E-state index < -0.39 is 0 Å². The fraction of sp³-hybridized carbons (Fsp3) is 0.0667. The van der Waals surface area contributed by atoms with Gasteiger partial charge in [-0.3, -0.25) is 0 Å². The highest BCUT2D eigenvalue weighted by atomic mass is 32.2. The molecule has 2 aromatic carbocycles. The number of nitrogens with two attached hydrogens (primary N) is 1. The summed E-state index contributed by atoms with van der Waals surface area (Å²) < 4.78 is 0. The lowest BCUT2D eigenvalue weighted by Gasteiger charge is -2.04. The summed E-state index contributed by atoms with van der Waals surface area (Å²) in [5, 5.41) is 9.62. The van der Waals surface area contributed by atoms with E-state index >= 15 is 0 Å². The van der Waals surface area contributed by atoms with Crippen molar-refractivity contribution in [3.05, 3.63) is 48.0 Å². The van der Waals surface area contributed by atoms with Crippen LogP contribution in [0.1, 0.15) is 5.56 Å². The van der Waals surface area contributed by atoms with Gasteiger partial charge in [0, 0.05) is 10.6 Å². The maximum absolute atomic E-state index is 8.79. The molecule has 1 aromatic heterocycles. The zero-order valence-corrected chi connectivity index (χ0v) is 11.4. The lowest BCUT2D eigenvalue weighted by Crippen LogP contribution is -1.93. The van der Waals surface area contributed by atoms with Crippen molar-refractivity contribution in [2.45, 2.75) is 16.5 Å². The number of nitrogens with zero attached hydrogens (tertiary/aromatic N) is 2. The number of nitriles is 1. The summed E-state index contributed by atoms with van der Waals surface area (Å²) in [6.07, 6.45) is 0.320. The van der Waals surface area contributed by atoms with Crippen molar-refractivity contribution >= 4 is 28.5 Å². The molecule has 1 heterocycles. The van der Waals surface area contributed by atoms with E-state index in [1.54, 1.807) is 0 Å². The van der Waals surface area contributed by atoms with Crippen LogP contribution in [0.5, 0.6) is 0 Å². The largest absolute Gasteiger partial charge is 0.398 e. The minimum Gasteiger partial charge on any atom is -0.398 e. The number of aromatic nitrogens is 2. The van der Waals surface area contributed by atoms with Crippen molar-refractivity contribution in [3.8, 4) is 6.07 Å². The monoisotopic (exact) mass is 280 g/mol. The molecule has 3 N–H and O–H groups in total. The molecule has 0 aliphatic rings. The number of H-pyrrole nitrogens is 1. The van der Waals surface area contributed by atoms with Crippen LogP contribution in [0.2, 0.25) is 0 Å². The third kappa shape index (κ3) is 2.46. The predicted octanol–water partition coefficient (Wildman–Crippen LogP) is 3.36. The number of hydrogen-bond donors (Lipinski definition) is 2. The van der Waals surface area contributed by atoms with Crippen LogP contribution in [-0.2, 0) is 6.42 Å². The second-order valence-corrected chi connectivity index (χ2v) is 5.42. The lowest BCUT2D eigenvalue weighted by atomic mass is 10.1. The van der Waals surface area contributed by atoms with Gasteiger partial charge in [-0.1, -0.05) is 23.9 Å². The molecule has 0 unspecified atom stereocenters. The minimum atomic E-state index is 0.320. The molecule has 0 aliphatic carbocycles. The third-order valence-electron chi connectivity index (χ3n) is 2.97. The number of fused-ring (bicyclic) bond motifs is 1. The van der Waals surface area contributed by atoms with E-state index in [4.69, 9.17) is 11.0 Å². The van der Waals surface area contributed by atoms with Crippen LogP contribution >= 0.6 is 11.8 Å². The number of para-hydroxylation sites is 2. The van der Waals surface area contributed by atoms with Gasteiger partial charge >= 0.3 is 0 Å². The average molecular weight is 280 g/mol. The molecule has 5 heteroatoms. The Morgan fingerprint density at radius 1 is 1.25 bits per heavy atom. The lowest BCUT2D eigenvalue weighted by molar-refractivity contribution is 1.08. The van der Waals surface area contributed by atoms with E-state index in [-0.39, 0.29) is 0 Å². The Hall–Kier alpha value is -2.45. The van der Waals surface area contributed by atoms with E-state index in [2.05, 4.69) is 16.0 Å². The van der Waals surface area contributed by atoms with Gasteiger partial charge in [-0.05, 0) is 35.9 Å². The highest BCUT2D eigenvalue weighted by Gasteiger charge is 2.06. The van der Waals surface area contributed by atoms with Gasteiger partial charge in [0.1, 0.15) is 0 Å². The Balaban J connectivity index is 1.90. The van der Waals surface area contributed by atoms with Crippen LogP contribution in [0, 0.1) is 11.3 Å². The Kier molecular flexibility index (Phi) is 3.32. The van der Waals surface area contributed by atoms with Gasteiger partial charge in [-0.2, -0.15) is 5.26 Å². The molecule has 0 bridgehead atoms. The summed E-state index contributed by atoms with van der Waals surface area (Å²) in [7, 11) is 0.